The molecule has 0 fully saturated rings. The first-order valence-electron chi connectivity index (χ1n) is 15.4. The summed E-state index contributed by atoms with van der Waals surface area (Å²) >= 11 is 2.08. The molecule has 0 saturated carbocycles. The summed E-state index contributed by atoms with van der Waals surface area (Å²) in [5.41, 5.74) is 3.61. The molecular formula is C23H33N29O2SV. The van der Waals surface area contributed by atoms with E-state index in [9.17, 15) is 9.90 Å². The number of phenolic OH excluding ortho intramolecular Hbond substituents is 1. The Balaban J connectivity index is 0.000000564. The number of nitrogens with one attached hydrogen (secondary N) is 1. The van der Waals surface area contributed by atoms with E-state index >= 15 is 0 Å². The van der Waals surface area contributed by atoms with E-state index in [1.54, 1.807) is 0 Å². The summed E-state index contributed by atoms with van der Waals surface area (Å²) < 4.78 is 3.37. The monoisotopic (exact) mass is 830 g/mol. The van der Waals surface area contributed by atoms with E-state index in [-0.39, 0.29) is 17.1 Å². The van der Waals surface area contributed by atoms with Crippen molar-refractivity contribution in [3.63, 3.8) is 0 Å². The quantitative estimate of drug-likeness (QED) is 0.0478. The molecule has 0 bridgehead atoms. The van der Waals surface area contributed by atoms with Crippen molar-refractivity contribution in [1.82, 2.24) is 0 Å². The van der Waals surface area contributed by atoms with Gasteiger partial charge in [-0.1, -0.05) is 75.9 Å². The van der Waals surface area contributed by atoms with Gasteiger partial charge in [0.1, 0.15) is 5.75 Å². The summed E-state index contributed by atoms with van der Waals surface area (Å²) in [7, 11) is 1.02. The number of benzene rings is 2. The van der Waals surface area contributed by atoms with Crippen molar-refractivity contribution in [3.8, 4) is 16.9 Å². The fraction of sp³-hybridized carbons (Fsp3) is 0.435. The van der Waals surface area contributed by atoms with Gasteiger partial charge in [0.15, 0.2) is 0 Å². The Morgan fingerprint density at radius 1 is 0.679 bits per heavy atom. The van der Waals surface area contributed by atoms with Crippen molar-refractivity contribution in [2.45, 2.75) is 65.2 Å². The van der Waals surface area contributed by atoms with Gasteiger partial charge in [-0.15, -0.1) is 0 Å². The molecule has 4 N–H and O–H groups in total. The number of amides is 1. The molecule has 33 heteroatoms. The van der Waals surface area contributed by atoms with Gasteiger partial charge >= 0.3 is 81.6 Å². The minimum absolute atomic E-state index is 0.0434. The van der Waals surface area contributed by atoms with Crippen LogP contribution in [0.25, 0.3) is 11.1 Å². The van der Waals surface area contributed by atoms with Crippen LogP contribution >= 0.6 is 0 Å². The third-order valence-corrected chi connectivity index (χ3v) is 6.50. The summed E-state index contributed by atoms with van der Waals surface area (Å²) in [6, 6.07) is 13.5. The fourth-order valence-electron chi connectivity index (χ4n) is 3.77. The zero-order valence-electron chi connectivity index (χ0n) is 29.9. The van der Waals surface area contributed by atoms with Gasteiger partial charge in [0, 0.05) is 60.0 Å². The summed E-state index contributed by atoms with van der Waals surface area (Å²) in [4.78, 5) is 11.2. The number of hydrogen-bond acceptors (Lipinski definition) is 3. The van der Waals surface area contributed by atoms with Crippen LogP contribution in [0.2, 0.25) is 0 Å². The van der Waals surface area contributed by atoms with Gasteiger partial charge in [-0.2, -0.15) is 0 Å². The normalized spacial score (nSPS) is 13.1. The van der Waals surface area contributed by atoms with E-state index in [1.165, 1.54) is 32.6 Å². The van der Waals surface area contributed by atoms with Gasteiger partial charge < -0.3 is 16.3 Å². The number of phenols is 1. The maximum atomic E-state index is 11.2. The Morgan fingerprint density at radius 3 is 1.55 bits per heavy atom. The number of hydrogen-bond donors (Lipinski definition) is 3. The van der Waals surface area contributed by atoms with Crippen molar-refractivity contribution in [3.05, 3.63) is 48.0 Å². The molecule has 0 saturated heterocycles. The topological polar surface area (TPSA) is 409 Å². The molecule has 2 rings (SSSR count). The molecule has 293 valence electrons. The van der Waals surface area contributed by atoms with E-state index in [0.717, 1.165) is 38.0 Å². The Hall–Kier alpha value is -7.09. The van der Waals surface area contributed by atoms with Gasteiger partial charge in [-0.25, -0.2) is 0 Å². The third-order valence-electron chi connectivity index (χ3n) is 6.01. The van der Waals surface area contributed by atoms with Crippen molar-refractivity contribution in [2.75, 3.05) is 5.32 Å². The first kappa shape index (κ1) is 46.9. The van der Waals surface area contributed by atoms with E-state index in [4.69, 9.17) is 0 Å². The molecule has 0 aliphatic heterocycles. The average Bonchev–Trinajstić information content (AvgIpc) is 3.18. The van der Waals surface area contributed by atoms with Crippen LogP contribution in [0.1, 0.15) is 65.4 Å². The van der Waals surface area contributed by atoms with E-state index in [2.05, 4.69) is 194 Å². The summed E-state index contributed by atoms with van der Waals surface area (Å²) in [5, 5.41) is 91.4. The van der Waals surface area contributed by atoms with Gasteiger partial charge in [0.25, 0.3) is 0 Å². The third kappa shape index (κ3) is 24.2. The molecule has 2 aromatic carbocycles. The number of carbonyl (C=O) groups excluding carboxylic acids is 1. The predicted molar refractivity (Wildman–Crippen MR) is 187 cm³/mol. The van der Waals surface area contributed by atoms with Crippen molar-refractivity contribution in [2.24, 2.45) is 146 Å². The molecule has 0 unspecified atom stereocenters. The molecule has 2 aromatic rings. The molecule has 1 amide bonds. The zero-order valence-corrected chi connectivity index (χ0v) is 32.2. The molecule has 0 atom stereocenters. The summed E-state index contributed by atoms with van der Waals surface area (Å²) in [5.74, 6) is 4.79. The second-order valence-electron chi connectivity index (χ2n) is 10.2. The van der Waals surface area contributed by atoms with Crippen LogP contribution in [0.5, 0.6) is 5.75 Å². The fourth-order valence-corrected chi connectivity index (χ4v) is 3.99. The van der Waals surface area contributed by atoms with Crippen molar-refractivity contribution in [1.29, 1.82) is 0 Å². The van der Waals surface area contributed by atoms with Crippen molar-refractivity contribution >= 4 is 20.8 Å². The second kappa shape index (κ2) is 31.4. The molecule has 0 aromatic heterocycles. The van der Waals surface area contributed by atoms with Gasteiger partial charge in [-0.05, 0) is 77.7 Å². The second-order valence-corrected chi connectivity index (χ2v) is 11.3. The molecular weight excluding hydrogens is 797 g/mol. The molecule has 31 nitrogen and oxygen atoms in total. The van der Waals surface area contributed by atoms with Gasteiger partial charge in [0.05, 0.1) is 0 Å². The number of nitrogens with two attached hydrogens (primary N) is 1. The van der Waals surface area contributed by atoms with Crippen molar-refractivity contribution < 1.29 is 25.6 Å². The number of aromatic hydroxyl groups is 1. The van der Waals surface area contributed by atoms with E-state index < -0.39 is 0 Å². The summed E-state index contributed by atoms with van der Waals surface area (Å²) in [6.45, 7) is 8.19. The van der Waals surface area contributed by atoms with Crippen LogP contribution in [0, 0.1) is 0 Å². The van der Waals surface area contributed by atoms with Crippen LogP contribution in [-0.2, 0) is 35.1 Å². The van der Waals surface area contributed by atoms with Crippen LogP contribution in [-0.4, -0.2) is 11.0 Å². The van der Waals surface area contributed by atoms with Crippen LogP contribution in [0.4, 0.5) is 5.69 Å². The summed E-state index contributed by atoms with van der Waals surface area (Å²) in [6.07, 6.45) is 6.12. The SMILES string of the molecule is CCCCCCC(C)(C)c1ccc(-c2cccc(NC(C)=O)c2)c(O)c1.N/N=N/N=N/N=N/N=N/N=N/N=N/N=N/N=N/N=N/N=N/N=N/N=N/N=N/N=[S]=[V]. The zero-order chi connectivity index (χ0) is 41.0. The number of unbranched alkanes of at least 4 members (excludes halogenated alkanes) is 3. The molecule has 0 spiro atoms. The van der Waals surface area contributed by atoms with Gasteiger partial charge in [0.2, 0.25) is 5.91 Å². The van der Waals surface area contributed by atoms with E-state index in [0.29, 0.717) is 0 Å². The van der Waals surface area contributed by atoms with Crippen LogP contribution in [0.15, 0.2) is 183 Å². The maximum absolute atomic E-state index is 11.2. The van der Waals surface area contributed by atoms with Crippen LogP contribution < -0.4 is 11.2 Å². The minimum atomic E-state index is -0.105. The van der Waals surface area contributed by atoms with Crippen LogP contribution in [0.3, 0.4) is 0 Å². The Kier molecular flexibility index (Phi) is 26.4. The number of rotatable bonds is 21. The standard InChI is InChI=1S/C23H31NO2.H2N28S.V/c1-5-6-7-8-14-23(3,4)19-12-13-21(22(26)16-19)18-10-9-11-20(15-18)24-17(2)25;1-2-3-4-5-6-7-8-9-10-11-12-13-14-15-16-17-18-19-20-21-22-23-24-25-26-27-28-29;/h9-13,15-16,26H,5-8,14H2,1-4H3,(H,24,25);(H2,1,3,5,7,9,11,13,15,17,19,21,23,25,27,29);. The number of anilines is 1. The first-order chi connectivity index (χ1) is 27.2. The number of carbonyl (C=O) groups is 1. The molecule has 56 heavy (non-hydrogen) atoms. The molecule has 0 aliphatic rings. The molecule has 0 heterocycles. The first-order valence-corrected chi connectivity index (χ1v) is 17.8. The molecule has 0 radical (unpaired) electrons. The average molecular weight is 831 g/mol. The van der Waals surface area contributed by atoms with Gasteiger partial charge in [-0.3, -0.25) is 4.79 Å². The van der Waals surface area contributed by atoms with E-state index in [1.807, 2.05) is 36.4 Å². The Bertz CT molecular complexity index is 1930. The predicted octanol–water partition coefficient (Wildman–Crippen LogP) is 10.6. The Labute approximate surface area is 327 Å². The Morgan fingerprint density at radius 2 is 1.14 bits per heavy atom. The number of nitrogens with zero attached hydrogens (tertiary/aromatic N) is 27. The molecule has 0 aliphatic carbocycles.